The Hall–Kier alpha value is -2.51. The number of hydrogen-bond acceptors (Lipinski definition) is 6. The van der Waals surface area contributed by atoms with Gasteiger partial charge in [-0.3, -0.25) is 4.79 Å². The van der Waals surface area contributed by atoms with Crippen LogP contribution in [-0.4, -0.2) is 49.3 Å². The fourth-order valence-corrected chi connectivity index (χ4v) is 6.76. The monoisotopic (exact) mass is 431 g/mol. The number of rotatable bonds is 4. The van der Waals surface area contributed by atoms with E-state index in [2.05, 4.69) is 5.32 Å². The first-order valence-electron chi connectivity index (χ1n) is 11.2. The summed E-state index contributed by atoms with van der Waals surface area (Å²) in [4.78, 5) is 27.1. The van der Waals surface area contributed by atoms with Gasteiger partial charge in [0.25, 0.3) is 0 Å². The van der Waals surface area contributed by atoms with Crippen molar-refractivity contribution in [3.63, 3.8) is 0 Å². The van der Waals surface area contributed by atoms with Gasteiger partial charge in [0.05, 0.1) is 23.9 Å². The third kappa shape index (κ3) is 3.59. The molecule has 1 amide bonds. The zero-order valence-corrected chi connectivity index (χ0v) is 17.8. The van der Waals surface area contributed by atoms with Crippen LogP contribution in [0.4, 0.5) is 20.6 Å². The molecule has 5 fully saturated rings. The Morgan fingerprint density at radius 2 is 1.97 bits per heavy atom. The summed E-state index contributed by atoms with van der Waals surface area (Å²) in [6.45, 7) is 1.13. The molecule has 0 radical (unpaired) electrons. The van der Waals surface area contributed by atoms with E-state index in [4.69, 9.17) is 15.2 Å². The third-order valence-electron chi connectivity index (χ3n) is 7.86. The summed E-state index contributed by atoms with van der Waals surface area (Å²) >= 11 is 0. The molecule has 31 heavy (non-hydrogen) atoms. The van der Waals surface area contributed by atoms with E-state index in [-0.39, 0.29) is 47.3 Å². The lowest BCUT2D eigenvalue weighted by Gasteiger charge is -2.57. The van der Waals surface area contributed by atoms with E-state index in [0.29, 0.717) is 30.4 Å². The zero-order valence-electron chi connectivity index (χ0n) is 17.8. The molecule has 6 rings (SSSR count). The van der Waals surface area contributed by atoms with Gasteiger partial charge < -0.3 is 25.4 Å². The lowest BCUT2D eigenvalue weighted by Crippen LogP contribution is -2.58. The molecule has 4 bridgehead atoms. The van der Waals surface area contributed by atoms with Crippen LogP contribution in [-0.2, 0) is 14.3 Å². The van der Waals surface area contributed by atoms with Crippen molar-refractivity contribution < 1.29 is 23.5 Å². The minimum Gasteiger partial charge on any atom is -0.469 e. The lowest BCUT2D eigenvalue weighted by molar-refractivity contribution is -0.182. The Morgan fingerprint density at radius 1 is 1.23 bits per heavy atom. The fraction of sp³-hybridized carbons (Fsp3) is 0.652. The second kappa shape index (κ2) is 7.57. The average Bonchev–Trinajstić information content (AvgIpc) is 3.20. The second-order valence-corrected chi connectivity index (χ2v) is 9.90. The topological polar surface area (TPSA) is 93.9 Å². The number of esters is 1. The number of halogens is 1. The summed E-state index contributed by atoms with van der Waals surface area (Å²) in [5.41, 5.74) is 6.55. The summed E-state index contributed by atoms with van der Waals surface area (Å²) in [5.74, 6) is 0.553. The molecule has 2 unspecified atom stereocenters. The van der Waals surface area contributed by atoms with Gasteiger partial charge in [-0.2, -0.15) is 0 Å². The van der Waals surface area contributed by atoms with E-state index in [1.165, 1.54) is 19.2 Å². The molecule has 3 N–H and O–H groups in total. The molecule has 168 valence electrons. The molecule has 1 aromatic rings. The third-order valence-corrected chi connectivity index (χ3v) is 7.86. The van der Waals surface area contributed by atoms with Crippen molar-refractivity contribution in [2.45, 2.75) is 50.7 Å². The van der Waals surface area contributed by atoms with Crippen molar-refractivity contribution in [2.24, 2.45) is 23.2 Å². The Kier molecular flexibility index (Phi) is 4.98. The molecule has 8 heteroatoms. The number of nitrogens with zero attached hydrogens (tertiary/aromatic N) is 1. The van der Waals surface area contributed by atoms with Crippen LogP contribution < -0.4 is 11.1 Å². The highest BCUT2D eigenvalue weighted by atomic mass is 19.1. The number of ether oxygens (including phenoxy) is 2. The van der Waals surface area contributed by atoms with Gasteiger partial charge in [-0.25, -0.2) is 9.18 Å². The molecule has 1 saturated heterocycles. The Labute approximate surface area is 181 Å². The molecule has 4 saturated carbocycles. The first-order chi connectivity index (χ1) is 14.9. The predicted molar refractivity (Wildman–Crippen MR) is 113 cm³/mol. The van der Waals surface area contributed by atoms with Crippen LogP contribution in [0, 0.1) is 29.0 Å². The van der Waals surface area contributed by atoms with Crippen LogP contribution in [0.2, 0.25) is 0 Å². The van der Waals surface area contributed by atoms with Crippen molar-refractivity contribution in [3.8, 4) is 0 Å². The summed E-state index contributed by atoms with van der Waals surface area (Å²) in [5, 5.41) is 3.31. The van der Waals surface area contributed by atoms with E-state index in [0.717, 1.165) is 38.5 Å². The van der Waals surface area contributed by atoms with Crippen LogP contribution in [0.5, 0.6) is 0 Å². The average molecular weight is 432 g/mol. The van der Waals surface area contributed by atoms with Gasteiger partial charge in [-0.15, -0.1) is 0 Å². The van der Waals surface area contributed by atoms with E-state index in [9.17, 15) is 14.0 Å². The van der Waals surface area contributed by atoms with Crippen molar-refractivity contribution in [1.82, 2.24) is 4.90 Å². The van der Waals surface area contributed by atoms with E-state index >= 15 is 0 Å². The highest BCUT2D eigenvalue weighted by Gasteiger charge is 2.60. The maximum Gasteiger partial charge on any atom is 0.410 e. The van der Waals surface area contributed by atoms with Gasteiger partial charge in [0.15, 0.2) is 0 Å². The van der Waals surface area contributed by atoms with Crippen LogP contribution >= 0.6 is 0 Å². The second-order valence-electron chi connectivity index (χ2n) is 9.90. The smallest absolute Gasteiger partial charge is 0.410 e. The van der Waals surface area contributed by atoms with Crippen molar-refractivity contribution in [2.75, 3.05) is 31.2 Å². The standard InChI is InChI=1S/C23H30FN3O4/c1-30-21(28)23-9-13-6-14(10-23)20(15(7-13)11-23)31-22(29)27-5-4-17(12-27)26-19-3-2-16(24)8-18(19)25/h2-3,8,13-15,17,20,26H,4-7,9-12,25H2,1H3/t13?,14?,15?,17-,20?,23?/m0/s1. The van der Waals surface area contributed by atoms with E-state index < -0.39 is 0 Å². The largest absolute Gasteiger partial charge is 0.469 e. The van der Waals surface area contributed by atoms with E-state index in [1.54, 1.807) is 11.0 Å². The van der Waals surface area contributed by atoms with Gasteiger partial charge in [0.1, 0.15) is 11.9 Å². The van der Waals surface area contributed by atoms with Crippen LogP contribution in [0.25, 0.3) is 0 Å². The number of nitrogens with one attached hydrogen (secondary N) is 1. The van der Waals surface area contributed by atoms with Crippen molar-refractivity contribution >= 4 is 23.4 Å². The van der Waals surface area contributed by atoms with E-state index in [1.807, 2.05) is 0 Å². The number of hydrogen-bond donors (Lipinski definition) is 2. The molecule has 1 heterocycles. The summed E-state index contributed by atoms with van der Waals surface area (Å²) in [6.07, 6.45) is 4.89. The number of benzene rings is 1. The molecular formula is C23H30FN3O4. The summed E-state index contributed by atoms with van der Waals surface area (Å²) in [7, 11) is 1.47. The zero-order chi connectivity index (χ0) is 21.8. The molecule has 3 atom stereocenters. The molecule has 7 nitrogen and oxygen atoms in total. The van der Waals surface area contributed by atoms with Gasteiger partial charge in [-0.05, 0) is 74.5 Å². The molecule has 0 aromatic heterocycles. The van der Waals surface area contributed by atoms with Crippen molar-refractivity contribution in [3.05, 3.63) is 24.0 Å². The number of nitrogens with two attached hydrogens (primary N) is 1. The summed E-state index contributed by atoms with van der Waals surface area (Å²) < 4.78 is 24.4. The van der Waals surface area contributed by atoms with Gasteiger partial charge in [0, 0.05) is 19.1 Å². The Balaban J connectivity index is 1.19. The maximum absolute atomic E-state index is 13.3. The molecule has 1 aromatic carbocycles. The molecule has 1 aliphatic heterocycles. The van der Waals surface area contributed by atoms with Gasteiger partial charge in [0.2, 0.25) is 0 Å². The fourth-order valence-electron chi connectivity index (χ4n) is 6.76. The van der Waals surface area contributed by atoms with Crippen LogP contribution in [0.1, 0.15) is 38.5 Å². The predicted octanol–water partition coefficient (Wildman–Crippen LogP) is 3.40. The number of likely N-dealkylation sites (tertiary alicyclic amines) is 1. The number of nitrogen functional groups attached to an aromatic ring is 1. The number of amides is 1. The van der Waals surface area contributed by atoms with Crippen LogP contribution in [0.3, 0.4) is 0 Å². The quantitative estimate of drug-likeness (QED) is 0.561. The van der Waals surface area contributed by atoms with Crippen LogP contribution in [0.15, 0.2) is 18.2 Å². The Bertz CT molecular complexity index is 878. The maximum atomic E-state index is 13.3. The Morgan fingerprint density at radius 3 is 2.65 bits per heavy atom. The lowest BCUT2D eigenvalue weighted by atomic mass is 9.48. The van der Waals surface area contributed by atoms with Gasteiger partial charge in [-0.1, -0.05) is 0 Å². The number of anilines is 2. The first kappa shape index (κ1) is 20.4. The highest BCUT2D eigenvalue weighted by molar-refractivity contribution is 5.77. The molecule has 0 spiro atoms. The minimum absolute atomic E-state index is 0.0430. The summed E-state index contributed by atoms with van der Waals surface area (Å²) in [6, 6.07) is 4.32. The SMILES string of the molecule is COC(=O)C12CC3CC(C1)C(OC(=O)N1CC[C@H](Nc4ccc(F)cc4N)C1)C(C3)C2. The molecular weight excluding hydrogens is 401 g/mol. The number of methoxy groups -OCH3 is 1. The minimum atomic E-state index is -0.371. The molecule has 4 aliphatic carbocycles. The molecule has 5 aliphatic rings. The number of carbonyl (C=O) groups excluding carboxylic acids is 2. The normalized spacial score (nSPS) is 35.8. The number of carbonyl (C=O) groups is 2. The van der Waals surface area contributed by atoms with Crippen molar-refractivity contribution in [1.29, 1.82) is 0 Å². The van der Waals surface area contributed by atoms with Gasteiger partial charge >= 0.3 is 12.1 Å². The first-order valence-corrected chi connectivity index (χ1v) is 11.2. The highest BCUT2D eigenvalue weighted by Crippen LogP contribution is 2.61.